The molecular weight excluding hydrogens is 158 g/mol. The van der Waals surface area contributed by atoms with Gasteiger partial charge >= 0.3 is 0 Å². The third-order valence-corrected chi connectivity index (χ3v) is 2.97. The molecule has 2 unspecified atom stereocenters. The topological polar surface area (TPSA) is 0 Å². The van der Waals surface area contributed by atoms with Crippen LogP contribution in [0.5, 0.6) is 0 Å². The summed E-state index contributed by atoms with van der Waals surface area (Å²) in [6, 6.07) is 0. The van der Waals surface area contributed by atoms with E-state index in [1.54, 1.807) is 0 Å². The van der Waals surface area contributed by atoms with E-state index in [1.807, 2.05) is 0 Å². The number of nitrogens with zero attached hydrogens (tertiary/aromatic N) is 1. The Morgan fingerprint density at radius 1 is 1.27 bits per heavy atom. The molecule has 2 atom stereocenters. The Hall–Kier alpha value is 0.250. The van der Waals surface area contributed by atoms with E-state index < -0.39 is 0 Å². The molecular formula is C9H21ClN+. The summed E-state index contributed by atoms with van der Waals surface area (Å²) in [4.78, 5) is 0. The van der Waals surface area contributed by atoms with Crippen molar-refractivity contribution < 1.29 is 4.48 Å². The molecule has 0 aliphatic rings. The summed E-state index contributed by atoms with van der Waals surface area (Å²) in [5.41, 5.74) is 0.212. The molecule has 11 heavy (non-hydrogen) atoms. The lowest BCUT2D eigenvalue weighted by Gasteiger charge is -2.34. The molecule has 0 bridgehead atoms. The SMILES string of the molecule is CCC(C)C[N+](C)(C)C(C)Cl. The predicted molar refractivity (Wildman–Crippen MR) is 51.7 cm³/mol. The molecule has 0 N–H and O–H groups in total. The Morgan fingerprint density at radius 2 is 1.73 bits per heavy atom. The number of hydrogen-bond donors (Lipinski definition) is 0. The zero-order chi connectivity index (χ0) is 9.07. The van der Waals surface area contributed by atoms with Gasteiger partial charge in [0.05, 0.1) is 20.6 Å². The maximum Gasteiger partial charge on any atom is 0.161 e. The van der Waals surface area contributed by atoms with E-state index in [4.69, 9.17) is 11.6 Å². The molecule has 0 rings (SSSR count). The number of alkyl halides is 1. The Balaban J connectivity index is 3.90. The van der Waals surface area contributed by atoms with Crippen LogP contribution in [0.25, 0.3) is 0 Å². The molecule has 68 valence electrons. The van der Waals surface area contributed by atoms with Crippen molar-refractivity contribution in [3.05, 3.63) is 0 Å². The lowest BCUT2D eigenvalue weighted by atomic mass is 10.1. The van der Waals surface area contributed by atoms with Crippen molar-refractivity contribution in [1.82, 2.24) is 0 Å². The van der Waals surface area contributed by atoms with Gasteiger partial charge in [0.15, 0.2) is 5.50 Å². The second-order valence-corrected chi connectivity index (χ2v) is 4.68. The maximum absolute atomic E-state index is 6.04. The highest BCUT2D eigenvalue weighted by atomic mass is 35.5. The van der Waals surface area contributed by atoms with Crippen LogP contribution in [0.15, 0.2) is 0 Å². The van der Waals surface area contributed by atoms with E-state index in [9.17, 15) is 0 Å². The fourth-order valence-electron chi connectivity index (χ4n) is 1.08. The molecule has 0 heterocycles. The van der Waals surface area contributed by atoms with Gasteiger partial charge in [-0.05, 0) is 6.42 Å². The van der Waals surface area contributed by atoms with Crippen LogP contribution in [0.3, 0.4) is 0 Å². The number of halogens is 1. The highest BCUT2D eigenvalue weighted by molar-refractivity contribution is 6.19. The van der Waals surface area contributed by atoms with E-state index in [0.29, 0.717) is 0 Å². The third-order valence-electron chi connectivity index (χ3n) is 2.44. The standard InChI is InChI=1S/C9H21ClN/c1-6-8(2)7-11(4,5)9(3)10/h8-9H,6-7H2,1-5H3/q+1. The fourth-order valence-corrected chi connectivity index (χ4v) is 1.16. The lowest BCUT2D eigenvalue weighted by molar-refractivity contribution is -0.903. The molecule has 0 aromatic carbocycles. The second-order valence-electron chi connectivity index (χ2n) is 4.05. The van der Waals surface area contributed by atoms with Gasteiger partial charge in [-0.3, -0.25) is 0 Å². The summed E-state index contributed by atoms with van der Waals surface area (Å²) >= 11 is 6.04. The summed E-state index contributed by atoms with van der Waals surface area (Å²) in [6.07, 6.45) is 1.24. The van der Waals surface area contributed by atoms with Gasteiger partial charge in [0.25, 0.3) is 0 Å². The molecule has 0 radical (unpaired) electrons. The number of quaternary nitrogens is 1. The van der Waals surface area contributed by atoms with Gasteiger partial charge in [-0.15, -0.1) is 0 Å². The van der Waals surface area contributed by atoms with Crippen molar-refractivity contribution in [3.63, 3.8) is 0 Å². The first-order chi connectivity index (χ1) is 4.90. The van der Waals surface area contributed by atoms with E-state index in [-0.39, 0.29) is 5.50 Å². The summed E-state index contributed by atoms with van der Waals surface area (Å²) in [7, 11) is 4.37. The van der Waals surface area contributed by atoms with Crippen LogP contribution in [0.1, 0.15) is 27.2 Å². The average Bonchev–Trinajstić information content (AvgIpc) is 1.86. The van der Waals surface area contributed by atoms with Crippen molar-refractivity contribution >= 4 is 11.6 Å². The van der Waals surface area contributed by atoms with Crippen molar-refractivity contribution in [2.24, 2.45) is 5.92 Å². The molecule has 0 aromatic rings. The maximum atomic E-state index is 6.04. The van der Waals surface area contributed by atoms with E-state index in [0.717, 1.165) is 10.4 Å². The van der Waals surface area contributed by atoms with E-state index in [2.05, 4.69) is 34.9 Å². The van der Waals surface area contributed by atoms with E-state index in [1.165, 1.54) is 13.0 Å². The molecule has 1 nitrogen and oxygen atoms in total. The smallest absolute Gasteiger partial charge is 0.161 e. The lowest BCUT2D eigenvalue weighted by Crippen LogP contribution is -2.47. The molecule has 0 aliphatic carbocycles. The van der Waals surface area contributed by atoms with Gasteiger partial charge in [-0.2, -0.15) is 0 Å². The minimum atomic E-state index is 0.212. The van der Waals surface area contributed by atoms with Crippen molar-refractivity contribution in [1.29, 1.82) is 0 Å². The van der Waals surface area contributed by atoms with E-state index >= 15 is 0 Å². The molecule has 0 saturated carbocycles. The molecule has 2 heteroatoms. The zero-order valence-electron chi connectivity index (χ0n) is 8.39. The molecule has 0 spiro atoms. The first-order valence-electron chi connectivity index (χ1n) is 4.37. The normalized spacial score (nSPS) is 18.0. The van der Waals surface area contributed by atoms with Crippen LogP contribution in [0.4, 0.5) is 0 Å². The predicted octanol–water partition coefficient (Wildman–Crippen LogP) is 2.69. The van der Waals surface area contributed by atoms with Crippen LogP contribution in [-0.2, 0) is 0 Å². The first-order valence-corrected chi connectivity index (χ1v) is 4.80. The summed E-state index contributed by atoms with van der Waals surface area (Å²) < 4.78 is 0.913. The summed E-state index contributed by atoms with van der Waals surface area (Å²) in [5.74, 6) is 0.770. The highest BCUT2D eigenvalue weighted by Gasteiger charge is 2.23. The highest BCUT2D eigenvalue weighted by Crippen LogP contribution is 2.15. The number of hydrogen-bond acceptors (Lipinski definition) is 0. The third kappa shape index (κ3) is 3.97. The first kappa shape index (κ1) is 11.2. The fraction of sp³-hybridized carbons (Fsp3) is 1.00. The summed E-state index contributed by atoms with van der Waals surface area (Å²) in [5, 5.41) is 0. The van der Waals surface area contributed by atoms with Gasteiger partial charge in [-0.1, -0.05) is 25.4 Å². The van der Waals surface area contributed by atoms with Gasteiger partial charge in [0, 0.05) is 12.8 Å². The Bertz CT molecular complexity index is 110. The largest absolute Gasteiger partial charge is 0.313 e. The Morgan fingerprint density at radius 3 is 2.00 bits per heavy atom. The quantitative estimate of drug-likeness (QED) is 0.353. The van der Waals surface area contributed by atoms with Gasteiger partial charge in [0.2, 0.25) is 0 Å². The minimum Gasteiger partial charge on any atom is -0.313 e. The molecule has 0 fully saturated rings. The van der Waals surface area contributed by atoms with Gasteiger partial charge in [0.1, 0.15) is 0 Å². The van der Waals surface area contributed by atoms with Crippen molar-refractivity contribution in [3.8, 4) is 0 Å². The monoisotopic (exact) mass is 178 g/mol. The molecule has 0 saturated heterocycles. The van der Waals surface area contributed by atoms with Crippen LogP contribution >= 0.6 is 11.6 Å². The molecule has 0 aromatic heterocycles. The van der Waals surface area contributed by atoms with Crippen molar-refractivity contribution in [2.45, 2.75) is 32.7 Å². The van der Waals surface area contributed by atoms with Gasteiger partial charge < -0.3 is 4.48 Å². The van der Waals surface area contributed by atoms with Crippen LogP contribution in [0, 0.1) is 5.92 Å². The molecule has 0 amide bonds. The van der Waals surface area contributed by atoms with Crippen molar-refractivity contribution in [2.75, 3.05) is 20.6 Å². The number of rotatable bonds is 4. The molecule has 0 aliphatic heterocycles. The Kier molecular flexibility index (Phi) is 4.42. The summed E-state index contributed by atoms with van der Waals surface area (Å²) in [6.45, 7) is 7.73. The minimum absolute atomic E-state index is 0.212. The van der Waals surface area contributed by atoms with Crippen LogP contribution in [-0.4, -0.2) is 30.6 Å². The second kappa shape index (κ2) is 4.32. The van der Waals surface area contributed by atoms with Gasteiger partial charge in [-0.25, -0.2) is 0 Å². The average molecular weight is 179 g/mol. The Labute approximate surface area is 75.9 Å². The zero-order valence-corrected chi connectivity index (χ0v) is 9.15. The van der Waals surface area contributed by atoms with Crippen LogP contribution < -0.4 is 0 Å². The van der Waals surface area contributed by atoms with Crippen LogP contribution in [0.2, 0.25) is 0 Å².